The van der Waals surface area contributed by atoms with Gasteiger partial charge in [0.2, 0.25) is 0 Å². The standard InChI is InChI=1S/C13H16I2N2O3/c14-9-7-10(12(19)11(15)8-9)13(20)17-3-1-16(2-4-17)5-6-18/h7-8,18-19H,1-6H2. The molecule has 1 heterocycles. The number of piperazine rings is 1. The molecule has 1 amide bonds. The Morgan fingerprint density at radius 2 is 1.85 bits per heavy atom. The Balaban J connectivity index is 2.09. The summed E-state index contributed by atoms with van der Waals surface area (Å²) in [6.45, 7) is 3.56. The molecule has 2 N–H and O–H groups in total. The number of rotatable bonds is 3. The van der Waals surface area contributed by atoms with E-state index in [1.54, 1.807) is 11.0 Å². The zero-order chi connectivity index (χ0) is 14.7. The number of amides is 1. The molecule has 2 rings (SSSR count). The van der Waals surface area contributed by atoms with Crippen molar-refractivity contribution in [3.05, 3.63) is 24.8 Å². The highest BCUT2D eigenvalue weighted by atomic mass is 127. The molecule has 0 saturated carbocycles. The highest BCUT2D eigenvalue weighted by Crippen LogP contribution is 2.28. The van der Waals surface area contributed by atoms with Crippen LogP contribution in [-0.2, 0) is 0 Å². The summed E-state index contributed by atoms with van der Waals surface area (Å²) in [6.07, 6.45) is 0. The van der Waals surface area contributed by atoms with Crippen LogP contribution in [0.2, 0.25) is 0 Å². The Labute approximate surface area is 145 Å². The first-order chi connectivity index (χ1) is 9.52. The van der Waals surface area contributed by atoms with Crippen LogP contribution in [-0.4, -0.2) is 65.3 Å². The van der Waals surface area contributed by atoms with Crippen molar-refractivity contribution >= 4 is 51.1 Å². The van der Waals surface area contributed by atoms with E-state index in [1.165, 1.54) is 0 Å². The van der Waals surface area contributed by atoms with Gasteiger partial charge in [-0.2, -0.15) is 0 Å². The third-order valence-electron chi connectivity index (χ3n) is 3.33. The van der Waals surface area contributed by atoms with E-state index in [2.05, 4.69) is 27.5 Å². The van der Waals surface area contributed by atoms with Gasteiger partial charge in [0.1, 0.15) is 5.75 Å². The molecule has 0 aromatic heterocycles. The number of carbonyl (C=O) groups excluding carboxylic acids is 1. The first-order valence-electron chi connectivity index (χ1n) is 6.33. The predicted octanol–water partition coefficient (Wildman–Crippen LogP) is 1.35. The molecule has 0 radical (unpaired) electrons. The topological polar surface area (TPSA) is 64.0 Å². The van der Waals surface area contributed by atoms with Gasteiger partial charge in [0, 0.05) is 36.3 Å². The summed E-state index contributed by atoms with van der Waals surface area (Å²) >= 11 is 4.18. The van der Waals surface area contributed by atoms with Gasteiger partial charge in [-0.25, -0.2) is 0 Å². The Kier molecular flexibility index (Phi) is 5.87. The highest BCUT2D eigenvalue weighted by molar-refractivity contribution is 14.1. The maximum atomic E-state index is 12.5. The molecule has 0 bridgehead atoms. The van der Waals surface area contributed by atoms with Crippen molar-refractivity contribution in [1.29, 1.82) is 0 Å². The number of aliphatic hydroxyl groups excluding tert-OH is 1. The lowest BCUT2D eigenvalue weighted by atomic mass is 10.1. The van der Waals surface area contributed by atoms with Crippen molar-refractivity contribution in [3.63, 3.8) is 0 Å². The van der Waals surface area contributed by atoms with Gasteiger partial charge in [0.15, 0.2) is 0 Å². The van der Waals surface area contributed by atoms with Gasteiger partial charge in [-0.3, -0.25) is 9.69 Å². The lowest BCUT2D eigenvalue weighted by molar-refractivity contribution is 0.0612. The molecule has 7 heteroatoms. The van der Waals surface area contributed by atoms with Gasteiger partial charge in [-0.15, -0.1) is 0 Å². The monoisotopic (exact) mass is 502 g/mol. The first kappa shape index (κ1) is 16.2. The summed E-state index contributed by atoms with van der Waals surface area (Å²) in [5.41, 5.74) is 0.372. The molecule has 0 spiro atoms. The van der Waals surface area contributed by atoms with Crippen LogP contribution >= 0.6 is 45.2 Å². The molecule has 1 aromatic rings. The Hall–Kier alpha value is -0.130. The maximum absolute atomic E-state index is 12.5. The molecule has 1 aliphatic rings. The lowest BCUT2D eigenvalue weighted by Crippen LogP contribution is -2.49. The summed E-state index contributed by atoms with van der Waals surface area (Å²) < 4.78 is 1.63. The molecule has 1 aromatic carbocycles. The number of hydrogen-bond acceptors (Lipinski definition) is 4. The van der Waals surface area contributed by atoms with E-state index in [-0.39, 0.29) is 18.3 Å². The summed E-state index contributed by atoms with van der Waals surface area (Å²) in [7, 11) is 0. The van der Waals surface area contributed by atoms with Crippen molar-refractivity contribution in [2.24, 2.45) is 0 Å². The van der Waals surface area contributed by atoms with Gasteiger partial charge in [-0.1, -0.05) is 0 Å². The van der Waals surface area contributed by atoms with Crippen molar-refractivity contribution < 1.29 is 15.0 Å². The smallest absolute Gasteiger partial charge is 0.257 e. The number of benzene rings is 1. The molecule has 1 saturated heterocycles. The lowest BCUT2D eigenvalue weighted by Gasteiger charge is -2.34. The number of β-amino-alcohol motifs (C(OH)–C–C–N with tert-alkyl or cyclic N) is 1. The van der Waals surface area contributed by atoms with Crippen molar-refractivity contribution in [2.75, 3.05) is 39.3 Å². The Morgan fingerprint density at radius 1 is 1.20 bits per heavy atom. The minimum absolute atomic E-state index is 0.0637. The number of phenols is 1. The molecular weight excluding hydrogens is 486 g/mol. The minimum atomic E-state index is -0.123. The van der Waals surface area contributed by atoms with Crippen LogP contribution < -0.4 is 0 Å². The molecule has 0 aliphatic carbocycles. The van der Waals surface area contributed by atoms with E-state index in [0.717, 1.165) is 16.7 Å². The average molecular weight is 502 g/mol. The average Bonchev–Trinajstić information content (AvgIpc) is 2.43. The van der Waals surface area contributed by atoms with Gasteiger partial charge in [-0.05, 0) is 57.3 Å². The van der Waals surface area contributed by atoms with Crippen LogP contribution in [0.5, 0.6) is 5.75 Å². The SMILES string of the molecule is O=C(c1cc(I)cc(I)c1O)N1CCN(CCO)CC1. The molecule has 1 aliphatic heterocycles. The van der Waals surface area contributed by atoms with Crippen LogP contribution in [0.3, 0.4) is 0 Å². The maximum Gasteiger partial charge on any atom is 0.257 e. The van der Waals surface area contributed by atoms with Crippen LogP contribution in [0.1, 0.15) is 10.4 Å². The molecular formula is C13H16I2N2O3. The summed E-state index contributed by atoms with van der Waals surface area (Å²) in [5, 5.41) is 19.0. The van der Waals surface area contributed by atoms with E-state index >= 15 is 0 Å². The quantitative estimate of drug-likeness (QED) is 0.614. The molecule has 1 fully saturated rings. The third kappa shape index (κ3) is 3.74. The van der Waals surface area contributed by atoms with Gasteiger partial charge < -0.3 is 15.1 Å². The fourth-order valence-electron chi connectivity index (χ4n) is 2.22. The number of aliphatic hydroxyl groups is 1. The second-order valence-electron chi connectivity index (χ2n) is 4.64. The molecule has 5 nitrogen and oxygen atoms in total. The van der Waals surface area contributed by atoms with E-state index in [1.807, 2.05) is 28.7 Å². The predicted molar refractivity (Wildman–Crippen MR) is 93.0 cm³/mol. The number of halogens is 2. The summed E-state index contributed by atoms with van der Waals surface area (Å²) in [5.74, 6) is -0.0589. The highest BCUT2D eigenvalue weighted by Gasteiger charge is 2.24. The number of hydrogen-bond donors (Lipinski definition) is 2. The molecule has 0 unspecified atom stereocenters. The summed E-state index contributed by atoms with van der Waals surface area (Å²) in [6, 6.07) is 3.56. The Bertz CT molecular complexity index is 503. The molecule has 110 valence electrons. The van der Waals surface area contributed by atoms with Gasteiger partial charge in [0.05, 0.1) is 15.7 Å². The van der Waals surface area contributed by atoms with Crippen LogP contribution in [0, 0.1) is 7.14 Å². The zero-order valence-corrected chi connectivity index (χ0v) is 15.2. The number of carbonyl (C=O) groups is 1. The van der Waals surface area contributed by atoms with Crippen molar-refractivity contribution in [1.82, 2.24) is 9.80 Å². The van der Waals surface area contributed by atoms with E-state index in [4.69, 9.17) is 5.11 Å². The van der Waals surface area contributed by atoms with E-state index in [9.17, 15) is 9.90 Å². The van der Waals surface area contributed by atoms with Crippen LogP contribution in [0.15, 0.2) is 12.1 Å². The van der Waals surface area contributed by atoms with E-state index in [0.29, 0.717) is 28.8 Å². The molecule has 20 heavy (non-hydrogen) atoms. The van der Waals surface area contributed by atoms with Gasteiger partial charge >= 0.3 is 0 Å². The molecule has 0 atom stereocenters. The Morgan fingerprint density at radius 3 is 2.45 bits per heavy atom. The summed E-state index contributed by atoms with van der Waals surface area (Å²) in [4.78, 5) is 16.4. The van der Waals surface area contributed by atoms with Crippen molar-refractivity contribution in [3.8, 4) is 5.75 Å². The zero-order valence-electron chi connectivity index (χ0n) is 10.9. The van der Waals surface area contributed by atoms with Crippen LogP contribution in [0.4, 0.5) is 0 Å². The fraction of sp³-hybridized carbons (Fsp3) is 0.462. The van der Waals surface area contributed by atoms with E-state index < -0.39 is 0 Å². The normalized spacial score (nSPS) is 16.4. The third-order valence-corrected chi connectivity index (χ3v) is 4.78. The second-order valence-corrected chi connectivity index (χ2v) is 7.05. The fourth-order valence-corrected chi connectivity index (χ4v) is 4.06. The largest absolute Gasteiger partial charge is 0.506 e. The van der Waals surface area contributed by atoms with Crippen LogP contribution in [0.25, 0.3) is 0 Å². The number of nitrogens with zero attached hydrogens (tertiary/aromatic N) is 2. The second kappa shape index (κ2) is 7.23. The number of aromatic hydroxyl groups is 1. The minimum Gasteiger partial charge on any atom is -0.506 e. The first-order valence-corrected chi connectivity index (χ1v) is 8.49. The van der Waals surface area contributed by atoms with Gasteiger partial charge in [0.25, 0.3) is 5.91 Å². The van der Waals surface area contributed by atoms with Crippen molar-refractivity contribution in [2.45, 2.75) is 0 Å². The number of phenolic OH excluding ortho intramolecular Hbond substituents is 1.